The molecule has 0 atom stereocenters. The van der Waals surface area contributed by atoms with Crippen molar-refractivity contribution in [2.45, 2.75) is 6.92 Å². The molecule has 2 rings (SSSR count). The van der Waals surface area contributed by atoms with Gasteiger partial charge in [-0.05, 0) is 42.8 Å². The maximum atomic E-state index is 12.2. The summed E-state index contributed by atoms with van der Waals surface area (Å²) in [6.45, 7) is 1.84. The SMILES string of the molecule is Cc1ccc(Cl)cc1NC(=O)c1ccc(Cl)c(B(O)O)c1. The third kappa shape index (κ3) is 3.77. The summed E-state index contributed by atoms with van der Waals surface area (Å²) in [5.41, 5.74) is 1.80. The lowest BCUT2D eigenvalue weighted by Gasteiger charge is -2.10. The maximum absolute atomic E-state index is 12.2. The molecule has 0 bridgehead atoms. The summed E-state index contributed by atoms with van der Waals surface area (Å²) in [6, 6.07) is 9.45. The Bertz CT molecular complexity index is 692. The quantitative estimate of drug-likeness (QED) is 0.759. The summed E-state index contributed by atoms with van der Waals surface area (Å²) in [6.07, 6.45) is 0. The molecule has 0 aliphatic rings. The molecule has 21 heavy (non-hydrogen) atoms. The third-order valence-corrected chi connectivity index (χ3v) is 3.56. The zero-order valence-corrected chi connectivity index (χ0v) is 12.6. The minimum absolute atomic E-state index is 0.0760. The Hall–Kier alpha value is -1.53. The topological polar surface area (TPSA) is 69.6 Å². The fourth-order valence-electron chi connectivity index (χ4n) is 1.81. The van der Waals surface area contributed by atoms with Crippen LogP contribution in [0.15, 0.2) is 36.4 Å². The highest BCUT2D eigenvalue weighted by molar-refractivity contribution is 6.62. The van der Waals surface area contributed by atoms with E-state index in [4.69, 9.17) is 23.2 Å². The molecule has 0 fully saturated rings. The van der Waals surface area contributed by atoms with Gasteiger partial charge in [-0.2, -0.15) is 0 Å². The predicted octanol–water partition coefficient (Wildman–Crippen LogP) is 2.23. The lowest BCUT2D eigenvalue weighted by atomic mass is 9.79. The second-order valence-electron chi connectivity index (χ2n) is 4.52. The van der Waals surface area contributed by atoms with Gasteiger partial charge in [-0.25, -0.2) is 0 Å². The van der Waals surface area contributed by atoms with E-state index in [1.54, 1.807) is 18.2 Å². The molecule has 0 saturated carbocycles. The lowest BCUT2D eigenvalue weighted by Crippen LogP contribution is -2.32. The molecule has 1 amide bonds. The first-order chi connectivity index (χ1) is 9.88. The molecule has 0 unspecified atom stereocenters. The standard InChI is InChI=1S/C14H12BCl2NO3/c1-8-2-4-10(16)7-13(8)18-14(19)9-3-5-12(17)11(6-9)15(20)21/h2-7,20-21H,1H3,(H,18,19). The molecule has 0 aliphatic heterocycles. The van der Waals surface area contributed by atoms with E-state index in [9.17, 15) is 14.8 Å². The Morgan fingerprint density at radius 2 is 1.86 bits per heavy atom. The fraction of sp³-hybridized carbons (Fsp3) is 0.0714. The van der Waals surface area contributed by atoms with Crippen molar-refractivity contribution < 1.29 is 14.8 Å². The van der Waals surface area contributed by atoms with Crippen molar-refractivity contribution in [3.05, 3.63) is 57.6 Å². The monoisotopic (exact) mass is 323 g/mol. The van der Waals surface area contributed by atoms with Crippen LogP contribution in [0.2, 0.25) is 10.0 Å². The molecular weight excluding hydrogens is 312 g/mol. The first-order valence-corrected chi connectivity index (χ1v) is 6.87. The first-order valence-electron chi connectivity index (χ1n) is 6.11. The van der Waals surface area contributed by atoms with Crippen molar-refractivity contribution >= 4 is 47.4 Å². The number of hydrogen-bond donors (Lipinski definition) is 3. The van der Waals surface area contributed by atoms with E-state index < -0.39 is 7.12 Å². The summed E-state index contributed by atoms with van der Waals surface area (Å²) >= 11 is 11.7. The van der Waals surface area contributed by atoms with Crippen molar-refractivity contribution in [3.8, 4) is 0 Å². The Morgan fingerprint density at radius 3 is 2.52 bits per heavy atom. The molecule has 0 spiro atoms. The van der Waals surface area contributed by atoms with Crippen LogP contribution in [0.3, 0.4) is 0 Å². The van der Waals surface area contributed by atoms with E-state index in [0.29, 0.717) is 10.7 Å². The van der Waals surface area contributed by atoms with E-state index in [-0.39, 0.29) is 22.0 Å². The maximum Gasteiger partial charge on any atom is 0.489 e. The summed E-state index contributed by atoms with van der Waals surface area (Å²) < 4.78 is 0. The summed E-state index contributed by atoms with van der Waals surface area (Å²) in [5.74, 6) is -0.390. The highest BCUT2D eigenvalue weighted by atomic mass is 35.5. The molecular formula is C14H12BCl2NO3. The largest absolute Gasteiger partial charge is 0.489 e. The highest BCUT2D eigenvalue weighted by Crippen LogP contribution is 2.21. The summed E-state index contributed by atoms with van der Waals surface area (Å²) in [4.78, 5) is 12.2. The van der Waals surface area contributed by atoms with Gasteiger partial charge in [-0.15, -0.1) is 0 Å². The smallest absolute Gasteiger partial charge is 0.423 e. The number of aryl methyl sites for hydroxylation is 1. The number of hydrogen-bond acceptors (Lipinski definition) is 3. The van der Waals surface area contributed by atoms with Gasteiger partial charge in [0, 0.05) is 26.8 Å². The van der Waals surface area contributed by atoms with E-state index in [2.05, 4.69) is 5.32 Å². The van der Waals surface area contributed by atoms with Gasteiger partial charge >= 0.3 is 7.12 Å². The number of halogens is 2. The van der Waals surface area contributed by atoms with Crippen LogP contribution in [0.1, 0.15) is 15.9 Å². The van der Waals surface area contributed by atoms with Crippen molar-refractivity contribution in [1.29, 1.82) is 0 Å². The second-order valence-corrected chi connectivity index (χ2v) is 5.37. The van der Waals surface area contributed by atoms with Gasteiger partial charge in [-0.1, -0.05) is 29.3 Å². The molecule has 0 heterocycles. The number of nitrogens with one attached hydrogen (secondary N) is 1. The average molecular weight is 324 g/mol. The van der Waals surface area contributed by atoms with Gasteiger partial charge in [0.05, 0.1) is 0 Å². The normalized spacial score (nSPS) is 10.3. The molecule has 7 heteroatoms. The molecule has 0 radical (unpaired) electrons. The second kappa shape index (κ2) is 6.49. The molecule has 0 aromatic heterocycles. The molecule has 4 nitrogen and oxygen atoms in total. The lowest BCUT2D eigenvalue weighted by molar-refractivity contribution is 0.102. The Balaban J connectivity index is 2.28. The Labute approximate surface area is 132 Å². The number of amides is 1. The summed E-state index contributed by atoms with van der Waals surface area (Å²) in [7, 11) is -1.74. The van der Waals surface area contributed by atoms with Crippen molar-refractivity contribution in [3.63, 3.8) is 0 Å². The average Bonchev–Trinajstić information content (AvgIpc) is 2.43. The van der Waals surface area contributed by atoms with E-state index in [1.807, 2.05) is 6.92 Å². The highest BCUT2D eigenvalue weighted by Gasteiger charge is 2.18. The zero-order valence-electron chi connectivity index (χ0n) is 11.1. The van der Waals surface area contributed by atoms with Crippen LogP contribution < -0.4 is 10.8 Å². The minimum atomic E-state index is -1.74. The fourth-order valence-corrected chi connectivity index (χ4v) is 2.19. The van der Waals surface area contributed by atoms with Crippen LogP contribution in [0.5, 0.6) is 0 Å². The molecule has 0 aliphatic carbocycles. The van der Waals surface area contributed by atoms with Crippen LogP contribution in [-0.4, -0.2) is 23.1 Å². The number of carbonyl (C=O) groups is 1. The van der Waals surface area contributed by atoms with Gasteiger partial charge in [-0.3, -0.25) is 4.79 Å². The molecule has 2 aromatic carbocycles. The molecule has 108 valence electrons. The minimum Gasteiger partial charge on any atom is -0.423 e. The molecule has 0 saturated heterocycles. The van der Waals surface area contributed by atoms with Gasteiger partial charge in [0.25, 0.3) is 5.91 Å². The summed E-state index contributed by atoms with van der Waals surface area (Å²) in [5, 5.41) is 21.8. The van der Waals surface area contributed by atoms with Gasteiger partial charge in [0.2, 0.25) is 0 Å². The molecule has 3 N–H and O–H groups in total. The predicted molar refractivity (Wildman–Crippen MR) is 85.4 cm³/mol. The van der Waals surface area contributed by atoms with Crippen LogP contribution >= 0.6 is 23.2 Å². The van der Waals surface area contributed by atoms with E-state index >= 15 is 0 Å². The first kappa shape index (κ1) is 15.9. The number of rotatable bonds is 3. The van der Waals surface area contributed by atoms with Crippen LogP contribution in [0, 0.1) is 6.92 Å². The van der Waals surface area contributed by atoms with Gasteiger partial charge < -0.3 is 15.4 Å². The van der Waals surface area contributed by atoms with E-state index in [1.165, 1.54) is 18.2 Å². The Kier molecular flexibility index (Phi) is 4.90. The third-order valence-electron chi connectivity index (χ3n) is 2.98. The van der Waals surface area contributed by atoms with Crippen LogP contribution in [0.4, 0.5) is 5.69 Å². The Morgan fingerprint density at radius 1 is 1.14 bits per heavy atom. The number of carbonyl (C=O) groups excluding carboxylic acids is 1. The van der Waals surface area contributed by atoms with Gasteiger partial charge in [0.15, 0.2) is 0 Å². The number of benzene rings is 2. The van der Waals surface area contributed by atoms with Crippen molar-refractivity contribution in [1.82, 2.24) is 0 Å². The van der Waals surface area contributed by atoms with Crippen LogP contribution in [0.25, 0.3) is 0 Å². The van der Waals surface area contributed by atoms with E-state index in [0.717, 1.165) is 5.56 Å². The number of anilines is 1. The van der Waals surface area contributed by atoms with Crippen molar-refractivity contribution in [2.24, 2.45) is 0 Å². The van der Waals surface area contributed by atoms with Crippen LogP contribution in [-0.2, 0) is 0 Å². The zero-order chi connectivity index (χ0) is 15.6. The van der Waals surface area contributed by atoms with Gasteiger partial charge in [0.1, 0.15) is 0 Å². The van der Waals surface area contributed by atoms with Crippen molar-refractivity contribution in [2.75, 3.05) is 5.32 Å². The molecule has 2 aromatic rings.